The summed E-state index contributed by atoms with van der Waals surface area (Å²) in [6.45, 7) is 0. The third-order valence-corrected chi connectivity index (χ3v) is 1.31. The predicted molar refractivity (Wildman–Crippen MR) is 54.3 cm³/mol. The van der Waals surface area contributed by atoms with Gasteiger partial charge in [0.15, 0.2) is 12.2 Å². The Morgan fingerprint density at radius 3 is 1.44 bits per heavy atom. The van der Waals surface area contributed by atoms with E-state index in [1.807, 2.05) is 0 Å². The Morgan fingerprint density at radius 1 is 0.944 bits per heavy atom. The molecule has 12 heteroatoms. The van der Waals surface area contributed by atoms with Crippen LogP contribution in [0.4, 0.5) is 0 Å². The number of carbonyl (C=O) groups excluding carboxylic acids is 2. The van der Waals surface area contributed by atoms with Gasteiger partial charge in [-0.15, -0.1) is 0 Å². The van der Waals surface area contributed by atoms with Crippen LogP contribution in [0.25, 0.3) is 0 Å². The van der Waals surface area contributed by atoms with E-state index in [1.165, 1.54) is 0 Å². The third-order valence-electron chi connectivity index (χ3n) is 1.31. The van der Waals surface area contributed by atoms with Crippen molar-refractivity contribution in [1.82, 2.24) is 11.0 Å². The number of rotatable bonds is 3. The molecule has 0 rings (SSSR count). The number of aliphatic hydroxyl groups is 2. The molecule has 2 atom stereocenters. The van der Waals surface area contributed by atoms with E-state index in [0.29, 0.717) is 0 Å². The molecule has 0 saturated heterocycles. The monoisotopic (exact) mass is 264 g/mol. The number of nitrogens with one attached hydrogen (secondary N) is 4. The average molecular weight is 264 g/mol. The zero-order valence-corrected chi connectivity index (χ0v) is 8.84. The lowest BCUT2D eigenvalue weighted by Crippen LogP contribution is -2.46. The highest BCUT2D eigenvalue weighted by Crippen LogP contribution is 1.98. The zero-order valence-electron chi connectivity index (χ0n) is 8.84. The fraction of sp³-hybridized carbons (Fsp3) is 0.333. The highest BCUT2D eigenvalue weighted by atomic mass is 16.7. The van der Waals surface area contributed by atoms with Gasteiger partial charge in [0.2, 0.25) is 11.9 Å². The van der Waals surface area contributed by atoms with Crippen molar-refractivity contribution < 1.29 is 29.5 Å². The van der Waals surface area contributed by atoms with E-state index in [0.717, 1.165) is 0 Å². The van der Waals surface area contributed by atoms with Crippen molar-refractivity contribution in [2.24, 2.45) is 11.5 Å². The molecule has 102 valence electrons. The molecule has 0 aromatic carbocycles. The van der Waals surface area contributed by atoms with Crippen LogP contribution < -0.4 is 22.4 Å². The molecule has 0 amide bonds. The normalized spacial score (nSPS) is 12.8. The molecule has 0 bridgehead atoms. The maximum Gasteiger partial charge on any atom is 0.363 e. The molecule has 0 aromatic heterocycles. The van der Waals surface area contributed by atoms with Crippen molar-refractivity contribution in [1.29, 1.82) is 10.8 Å². The predicted octanol–water partition coefficient (Wildman–Crippen LogP) is -4.41. The number of guanidine groups is 2. The topological polar surface area (TPSA) is 217 Å². The molecule has 0 heterocycles. The molecule has 18 heavy (non-hydrogen) atoms. The summed E-state index contributed by atoms with van der Waals surface area (Å²) in [6.07, 6.45) is -4.56. The van der Waals surface area contributed by atoms with Crippen molar-refractivity contribution in [2.45, 2.75) is 12.2 Å². The van der Waals surface area contributed by atoms with Gasteiger partial charge in [-0.1, -0.05) is 0 Å². The Kier molecular flexibility index (Phi) is 5.88. The van der Waals surface area contributed by atoms with Gasteiger partial charge >= 0.3 is 11.9 Å². The summed E-state index contributed by atoms with van der Waals surface area (Å²) in [5.41, 5.74) is 12.7. The molecule has 0 radical (unpaired) electrons. The Morgan fingerprint density at radius 2 is 1.22 bits per heavy atom. The van der Waals surface area contributed by atoms with Gasteiger partial charge in [0.25, 0.3) is 0 Å². The van der Waals surface area contributed by atoms with Crippen molar-refractivity contribution in [3.05, 3.63) is 0 Å². The van der Waals surface area contributed by atoms with Crippen LogP contribution in [-0.2, 0) is 19.3 Å². The summed E-state index contributed by atoms with van der Waals surface area (Å²) in [5.74, 6) is -4.41. The summed E-state index contributed by atoms with van der Waals surface area (Å²) in [7, 11) is 0. The van der Waals surface area contributed by atoms with Gasteiger partial charge in [0.1, 0.15) is 0 Å². The first-order chi connectivity index (χ1) is 8.25. The van der Waals surface area contributed by atoms with Crippen LogP contribution in [-0.4, -0.2) is 46.3 Å². The molecule has 0 spiro atoms. The number of carbonyl (C=O) groups is 2. The Balaban J connectivity index is 4.26. The van der Waals surface area contributed by atoms with Crippen LogP contribution in [0.1, 0.15) is 0 Å². The van der Waals surface area contributed by atoms with E-state index in [2.05, 4.69) is 9.68 Å². The Bertz CT molecular complexity index is 324. The standard InChI is InChI=1S/C6H12N6O6/c7-5(8)11-17-3(15)1(13)2(14)4(16)18-12-6(9)10/h1-2,13-14H,(H4,7,8,11)(H4,9,10,12). The molecule has 0 aliphatic carbocycles. The van der Waals surface area contributed by atoms with Gasteiger partial charge in [-0.25, -0.2) is 9.59 Å². The van der Waals surface area contributed by atoms with Crippen LogP contribution in [0, 0.1) is 10.8 Å². The number of hydroxylamine groups is 2. The second kappa shape index (κ2) is 6.87. The lowest BCUT2D eigenvalue weighted by Gasteiger charge is -2.15. The van der Waals surface area contributed by atoms with E-state index in [9.17, 15) is 9.59 Å². The van der Waals surface area contributed by atoms with Gasteiger partial charge in [-0.3, -0.25) is 10.8 Å². The first kappa shape index (κ1) is 15.4. The van der Waals surface area contributed by atoms with E-state index in [4.69, 9.17) is 32.5 Å². The van der Waals surface area contributed by atoms with Crippen molar-refractivity contribution >= 4 is 23.9 Å². The molecule has 12 nitrogen and oxygen atoms in total. The van der Waals surface area contributed by atoms with Crippen LogP contribution >= 0.6 is 0 Å². The van der Waals surface area contributed by atoms with Crippen molar-refractivity contribution in [2.75, 3.05) is 0 Å². The van der Waals surface area contributed by atoms with E-state index in [-0.39, 0.29) is 0 Å². The van der Waals surface area contributed by atoms with Gasteiger partial charge in [0, 0.05) is 0 Å². The summed E-state index contributed by atoms with van der Waals surface area (Å²) < 4.78 is 0. The highest BCUT2D eigenvalue weighted by Gasteiger charge is 2.34. The SMILES string of the molecule is N=C(N)NOC(=O)C(O)C(O)C(=O)ONC(=N)N. The van der Waals surface area contributed by atoms with Crippen LogP contribution in [0.2, 0.25) is 0 Å². The summed E-state index contributed by atoms with van der Waals surface area (Å²) >= 11 is 0. The second-order valence-electron chi connectivity index (χ2n) is 2.76. The lowest BCUT2D eigenvalue weighted by atomic mass is 10.2. The fourth-order valence-electron chi connectivity index (χ4n) is 0.589. The number of aliphatic hydroxyl groups excluding tert-OH is 2. The number of hydrogen-bond acceptors (Lipinski definition) is 8. The van der Waals surface area contributed by atoms with Crippen molar-refractivity contribution in [3.63, 3.8) is 0 Å². The summed E-state index contributed by atoms with van der Waals surface area (Å²) in [6, 6.07) is 0. The molecule has 2 unspecified atom stereocenters. The zero-order chi connectivity index (χ0) is 14.3. The summed E-state index contributed by atoms with van der Waals surface area (Å²) in [4.78, 5) is 30.0. The molecule has 0 aliphatic heterocycles. The minimum absolute atomic E-state index is 0.731. The van der Waals surface area contributed by atoms with Crippen LogP contribution in [0.15, 0.2) is 0 Å². The van der Waals surface area contributed by atoms with Crippen molar-refractivity contribution in [3.8, 4) is 0 Å². The molecule has 0 fully saturated rings. The first-order valence-electron chi connectivity index (χ1n) is 4.23. The smallest absolute Gasteiger partial charge is 0.363 e. The molecular weight excluding hydrogens is 252 g/mol. The molecular formula is C6H12N6O6. The van der Waals surface area contributed by atoms with Gasteiger partial charge in [-0.2, -0.15) is 11.0 Å². The van der Waals surface area contributed by atoms with Gasteiger partial charge in [0.05, 0.1) is 0 Å². The Hall–Kier alpha value is -2.60. The highest BCUT2D eigenvalue weighted by molar-refractivity contribution is 5.86. The van der Waals surface area contributed by atoms with E-state index < -0.39 is 36.1 Å². The molecule has 0 aromatic rings. The van der Waals surface area contributed by atoms with E-state index >= 15 is 0 Å². The molecule has 0 aliphatic rings. The second-order valence-corrected chi connectivity index (χ2v) is 2.76. The first-order valence-corrected chi connectivity index (χ1v) is 4.23. The van der Waals surface area contributed by atoms with E-state index in [1.54, 1.807) is 11.0 Å². The van der Waals surface area contributed by atoms with Gasteiger partial charge < -0.3 is 31.4 Å². The maximum atomic E-state index is 11.0. The number of nitrogens with two attached hydrogens (primary N) is 2. The molecule has 0 saturated carbocycles. The number of hydrogen-bond donors (Lipinski definition) is 8. The minimum atomic E-state index is -2.28. The minimum Gasteiger partial charge on any atom is -0.379 e. The quantitative estimate of drug-likeness (QED) is 0.139. The average Bonchev–Trinajstić information content (AvgIpc) is 2.30. The van der Waals surface area contributed by atoms with Gasteiger partial charge in [-0.05, 0) is 0 Å². The molecule has 10 N–H and O–H groups in total. The van der Waals surface area contributed by atoms with Crippen LogP contribution in [0.5, 0.6) is 0 Å². The largest absolute Gasteiger partial charge is 0.379 e. The third kappa shape index (κ3) is 5.47. The fourth-order valence-corrected chi connectivity index (χ4v) is 0.589. The maximum absolute atomic E-state index is 11.0. The summed E-state index contributed by atoms with van der Waals surface area (Å²) in [5, 5.41) is 31.6. The Labute approximate surface area is 99.8 Å². The van der Waals surface area contributed by atoms with Crippen LogP contribution in [0.3, 0.4) is 0 Å². The lowest BCUT2D eigenvalue weighted by molar-refractivity contribution is -0.177.